The van der Waals surface area contributed by atoms with Crippen molar-refractivity contribution >= 4 is 10.1 Å². The van der Waals surface area contributed by atoms with Gasteiger partial charge in [-0.05, 0) is 20.3 Å². The van der Waals surface area contributed by atoms with Crippen molar-refractivity contribution < 1.29 is 17.7 Å². The van der Waals surface area contributed by atoms with Gasteiger partial charge in [-0.25, -0.2) is 0 Å². The van der Waals surface area contributed by atoms with Crippen molar-refractivity contribution in [1.29, 1.82) is 0 Å². The molecule has 14 heavy (non-hydrogen) atoms. The van der Waals surface area contributed by atoms with E-state index < -0.39 is 10.1 Å². The van der Waals surface area contributed by atoms with Crippen LogP contribution in [0.2, 0.25) is 0 Å². The van der Waals surface area contributed by atoms with Gasteiger partial charge >= 0.3 is 0 Å². The number of hydrogen-bond acceptors (Lipinski definition) is 3. The minimum absolute atomic E-state index is 0.319. The predicted octanol–water partition coefficient (Wildman–Crippen LogP) is 0.940. The maximum Gasteiger partial charge on any atom is 0.266 e. The van der Waals surface area contributed by atoms with E-state index in [1.165, 1.54) is 0 Å². The zero-order valence-electron chi connectivity index (χ0n) is 8.49. The highest BCUT2D eigenvalue weighted by molar-refractivity contribution is 7.85. The lowest BCUT2D eigenvalue weighted by molar-refractivity contribution is 0.139. The molecule has 0 spiro atoms. The van der Waals surface area contributed by atoms with Gasteiger partial charge in [-0.1, -0.05) is 5.92 Å². The summed E-state index contributed by atoms with van der Waals surface area (Å²) in [6, 6.07) is 0. The van der Waals surface area contributed by atoms with Crippen LogP contribution in [0.25, 0.3) is 0 Å². The summed E-state index contributed by atoms with van der Waals surface area (Å²) in [7, 11) is -3.94. The van der Waals surface area contributed by atoms with Crippen LogP contribution in [0, 0.1) is 17.8 Å². The van der Waals surface area contributed by atoms with E-state index in [4.69, 9.17) is 9.29 Å². The molecule has 5 heteroatoms. The van der Waals surface area contributed by atoms with Crippen molar-refractivity contribution in [3.05, 3.63) is 0 Å². The van der Waals surface area contributed by atoms with Crippen LogP contribution in [0.5, 0.6) is 0 Å². The highest BCUT2D eigenvalue weighted by atomic mass is 32.2. The third kappa shape index (κ3) is 8.05. The molecule has 0 bridgehead atoms. The van der Waals surface area contributed by atoms with E-state index in [1.54, 1.807) is 6.92 Å². The average Bonchev–Trinajstić information content (AvgIpc) is 2.02. The molecule has 1 atom stereocenters. The van der Waals surface area contributed by atoms with E-state index in [2.05, 4.69) is 11.8 Å². The molecule has 0 rings (SSSR count). The molecule has 0 aromatic rings. The predicted molar refractivity (Wildman–Crippen MR) is 54.5 cm³/mol. The third-order valence-corrected chi connectivity index (χ3v) is 2.40. The fourth-order valence-electron chi connectivity index (χ4n) is 1.03. The molecule has 1 unspecified atom stereocenters. The first-order valence-corrected chi connectivity index (χ1v) is 6.05. The number of rotatable bonds is 6. The summed E-state index contributed by atoms with van der Waals surface area (Å²) in [5, 5.41) is 0. The fraction of sp³-hybridized carbons (Fsp3) is 0.778. The quantitative estimate of drug-likeness (QED) is 0.411. The van der Waals surface area contributed by atoms with Gasteiger partial charge < -0.3 is 4.74 Å². The van der Waals surface area contributed by atoms with E-state index in [0.717, 1.165) is 0 Å². The number of hydrogen-bond donors (Lipinski definition) is 1. The molecule has 4 nitrogen and oxygen atoms in total. The summed E-state index contributed by atoms with van der Waals surface area (Å²) in [6.07, 6.45) is 0.522. The Morgan fingerprint density at radius 2 is 2.14 bits per heavy atom. The molecule has 0 aliphatic rings. The molecule has 82 valence electrons. The van der Waals surface area contributed by atoms with E-state index in [0.29, 0.717) is 19.6 Å². The van der Waals surface area contributed by atoms with Crippen molar-refractivity contribution in [1.82, 2.24) is 0 Å². The van der Waals surface area contributed by atoms with Gasteiger partial charge in [0, 0.05) is 19.1 Å². The summed E-state index contributed by atoms with van der Waals surface area (Å²) >= 11 is 0. The monoisotopic (exact) mass is 220 g/mol. The molecule has 0 aliphatic heterocycles. The average molecular weight is 220 g/mol. The molecule has 0 aromatic carbocycles. The van der Waals surface area contributed by atoms with Gasteiger partial charge in [-0.2, -0.15) is 8.42 Å². The second kappa shape index (κ2) is 6.82. The molecule has 0 aliphatic carbocycles. The Balaban J connectivity index is 4.08. The van der Waals surface area contributed by atoms with Gasteiger partial charge in [0.05, 0.1) is 5.75 Å². The third-order valence-electron chi connectivity index (χ3n) is 1.58. The lowest BCUT2D eigenvalue weighted by atomic mass is 10.1. The van der Waals surface area contributed by atoms with Crippen molar-refractivity contribution in [3.8, 4) is 11.8 Å². The normalized spacial score (nSPS) is 13.1. The van der Waals surface area contributed by atoms with E-state index in [1.807, 2.05) is 6.92 Å². The maximum absolute atomic E-state index is 10.6. The Bertz CT molecular complexity index is 297. The molecule has 0 fully saturated rings. The zero-order chi connectivity index (χ0) is 11.0. The SMILES string of the molecule is CC#CC(CCOCC)CS(=O)(=O)O. The second-order valence-electron chi connectivity index (χ2n) is 2.83. The minimum atomic E-state index is -3.94. The molecular weight excluding hydrogens is 204 g/mol. The summed E-state index contributed by atoms with van der Waals surface area (Å²) in [5.74, 6) is 4.70. The molecular formula is C9H16O4S. The van der Waals surface area contributed by atoms with Crippen molar-refractivity contribution in [2.75, 3.05) is 19.0 Å². The standard InChI is InChI=1S/C9H16O4S/c1-3-5-9(6-7-13-4-2)8-14(10,11)12/h9H,4,6-8H2,1-2H3,(H,10,11,12). The van der Waals surface area contributed by atoms with E-state index in [9.17, 15) is 8.42 Å². The van der Waals surface area contributed by atoms with Crippen molar-refractivity contribution in [2.45, 2.75) is 20.3 Å². The van der Waals surface area contributed by atoms with Gasteiger partial charge in [-0.3, -0.25) is 4.55 Å². The van der Waals surface area contributed by atoms with Gasteiger partial charge in [0.1, 0.15) is 0 Å². The Morgan fingerprint density at radius 3 is 2.57 bits per heavy atom. The second-order valence-corrected chi connectivity index (χ2v) is 4.32. The summed E-state index contributed by atoms with van der Waals surface area (Å²) in [4.78, 5) is 0. The molecule has 0 aromatic heterocycles. The molecule has 0 heterocycles. The van der Waals surface area contributed by atoms with E-state index in [-0.39, 0.29) is 11.7 Å². The Hall–Kier alpha value is -0.570. The zero-order valence-corrected chi connectivity index (χ0v) is 9.30. The van der Waals surface area contributed by atoms with Crippen LogP contribution >= 0.6 is 0 Å². The maximum atomic E-state index is 10.6. The molecule has 0 radical (unpaired) electrons. The Labute approximate surface area is 85.4 Å². The topological polar surface area (TPSA) is 63.6 Å². The smallest absolute Gasteiger partial charge is 0.266 e. The first kappa shape index (κ1) is 13.4. The van der Waals surface area contributed by atoms with E-state index >= 15 is 0 Å². The first-order valence-electron chi connectivity index (χ1n) is 4.44. The van der Waals surface area contributed by atoms with Gasteiger partial charge in [-0.15, -0.1) is 5.92 Å². The molecule has 1 N–H and O–H groups in total. The summed E-state index contributed by atoms with van der Waals surface area (Å²) in [6.45, 7) is 4.56. The highest BCUT2D eigenvalue weighted by Crippen LogP contribution is 2.05. The fourth-order valence-corrected chi connectivity index (χ4v) is 1.78. The largest absolute Gasteiger partial charge is 0.382 e. The van der Waals surface area contributed by atoms with Gasteiger partial charge in [0.15, 0.2) is 0 Å². The molecule has 0 saturated heterocycles. The Morgan fingerprint density at radius 1 is 1.50 bits per heavy atom. The van der Waals surface area contributed by atoms with Crippen LogP contribution in [0.3, 0.4) is 0 Å². The van der Waals surface area contributed by atoms with Gasteiger partial charge in [0.25, 0.3) is 10.1 Å². The highest BCUT2D eigenvalue weighted by Gasteiger charge is 2.14. The van der Waals surface area contributed by atoms with Crippen LogP contribution in [-0.2, 0) is 14.9 Å². The van der Waals surface area contributed by atoms with Crippen LogP contribution < -0.4 is 0 Å². The molecule has 0 amide bonds. The van der Waals surface area contributed by atoms with Crippen LogP contribution in [-0.4, -0.2) is 31.9 Å². The molecule has 0 saturated carbocycles. The van der Waals surface area contributed by atoms with Crippen LogP contribution in [0.15, 0.2) is 0 Å². The lowest BCUT2D eigenvalue weighted by Crippen LogP contribution is -2.16. The summed E-state index contributed by atoms with van der Waals surface area (Å²) in [5.41, 5.74) is 0. The van der Waals surface area contributed by atoms with Crippen molar-refractivity contribution in [3.63, 3.8) is 0 Å². The Kier molecular flexibility index (Phi) is 6.54. The minimum Gasteiger partial charge on any atom is -0.382 e. The first-order chi connectivity index (χ1) is 6.49. The lowest BCUT2D eigenvalue weighted by Gasteiger charge is -2.08. The van der Waals surface area contributed by atoms with Gasteiger partial charge in [0.2, 0.25) is 0 Å². The van der Waals surface area contributed by atoms with Crippen molar-refractivity contribution in [2.24, 2.45) is 5.92 Å². The summed E-state index contributed by atoms with van der Waals surface area (Å²) < 4.78 is 34.9. The number of ether oxygens (including phenoxy) is 1. The van der Waals surface area contributed by atoms with Crippen LogP contribution in [0.4, 0.5) is 0 Å². The van der Waals surface area contributed by atoms with Crippen LogP contribution in [0.1, 0.15) is 20.3 Å².